The van der Waals surface area contributed by atoms with E-state index in [-0.39, 0.29) is 11.9 Å². The second kappa shape index (κ2) is 4.70. The molecule has 3 rings (SSSR count). The molecule has 0 bridgehead atoms. The average molecular weight is 272 g/mol. The molecule has 19 heavy (non-hydrogen) atoms. The van der Waals surface area contributed by atoms with Gasteiger partial charge in [-0.25, -0.2) is 0 Å². The molecule has 0 saturated heterocycles. The number of hydrogen-bond donors (Lipinski definition) is 1. The van der Waals surface area contributed by atoms with Crippen LogP contribution in [0.15, 0.2) is 35.7 Å². The first-order valence-corrected chi connectivity index (χ1v) is 7.23. The number of nitrogens with zero attached hydrogens (tertiary/aromatic N) is 1. The van der Waals surface area contributed by atoms with E-state index < -0.39 is 0 Å². The first kappa shape index (κ1) is 12.2. The fourth-order valence-corrected chi connectivity index (χ4v) is 3.60. The number of hydrogen-bond acceptors (Lipinski definition) is 3. The molecule has 0 saturated carbocycles. The number of anilines is 1. The van der Waals surface area contributed by atoms with E-state index >= 15 is 0 Å². The summed E-state index contributed by atoms with van der Waals surface area (Å²) in [5.74, 6) is 0.124. The van der Waals surface area contributed by atoms with Crippen LogP contribution in [-0.2, 0) is 11.2 Å². The predicted octanol–water partition coefficient (Wildman–Crippen LogP) is 2.82. The zero-order valence-electron chi connectivity index (χ0n) is 10.8. The largest absolute Gasteiger partial charge is 0.399 e. The zero-order valence-corrected chi connectivity index (χ0v) is 11.6. The normalized spacial score (nSPS) is 18.2. The summed E-state index contributed by atoms with van der Waals surface area (Å²) >= 11 is 1.78. The van der Waals surface area contributed by atoms with Crippen molar-refractivity contribution in [2.75, 3.05) is 12.3 Å². The molecule has 1 unspecified atom stereocenters. The highest BCUT2D eigenvalue weighted by Gasteiger charge is 2.30. The quantitative estimate of drug-likeness (QED) is 0.811. The van der Waals surface area contributed by atoms with Crippen LogP contribution < -0.4 is 5.73 Å². The van der Waals surface area contributed by atoms with E-state index in [0.29, 0.717) is 0 Å². The van der Waals surface area contributed by atoms with Crippen LogP contribution >= 0.6 is 11.3 Å². The van der Waals surface area contributed by atoms with E-state index in [9.17, 15) is 4.79 Å². The molecule has 1 aromatic heterocycles. The molecular weight excluding hydrogens is 256 g/mol. The van der Waals surface area contributed by atoms with Gasteiger partial charge in [0.2, 0.25) is 5.91 Å². The van der Waals surface area contributed by atoms with E-state index in [4.69, 9.17) is 5.73 Å². The lowest BCUT2D eigenvalue weighted by Gasteiger charge is -2.35. The Balaban J connectivity index is 2.08. The highest BCUT2D eigenvalue weighted by molar-refractivity contribution is 7.10. The Morgan fingerprint density at radius 2 is 2.05 bits per heavy atom. The van der Waals surface area contributed by atoms with E-state index in [0.717, 1.165) is 24.2 Å². The number of nitrogen functional groups attached to an aromatic ring is 1. The molecule has 1 aliphatic rings. The second-order valence-electron chi connectivity index (χ2n) is 4.83. The van der Waals surface area contributed by atoms with Crippen molar-refractivity contribution in [2.45, 2.75) is 19.4 Å². The fraction of sp³-hybridized carbons (Fsp3) is 0.267. The monoisotopic (exact) mass is 272 g/mol. The molecule has 3 nitrogen and oxygen atoms in total. The molecule has 1 aromatic carbocycles. The van der Waals surface area contributed by atoms with Gasteiger partial charge in [-0.2, -0.15) is 0 Å². The number of nitrogens with two attached hydrogens (primary N) is 1. The van der Waals surface area contributed by atoms with Gasteiger partial charge in [-0.3, -0.25) is 4.79 Å². The van der Waals surface area contributed by atoms with Gasteiger partial charge < -0.3 is 10.6 Å². The van der Waals surface area contributed by atoms with Crippen LogP contribution in [0.4, 0.5) is 5.69 Å². The van der Waals surface area contributed by atoms with Gasteiger partial charge in [0.15, 0.2) is 0 Å². The highest BCUT2D eigenvalue weighted by Crippen LogP contribution is 2.37. The summed E-state index contributed by atoms with van der Waals surface area (Å²) in [6.07, 6.45) is 0.956. The topological polar surface area (TPSA) is 46.3 Å². The van der Waals surface area contributed by atoms with Gasteiger partial charge in [0.05, 0.1) is 6.04 Å². The molecule has 2 aromatic rings. The van der Waals surface area contributed by atoms with Crippen molar-refractivity contribution in [3.63, 3.8) is 0 Å². The maximum Gasteiger partial charge on any atom is 0.220 e. The van der Waals surface area contributed by atoms with Crippen molar-refractivity contribution in [3.05, 3.63) is 51.7 Å². The smallest absolute Gasteiger partial charge is 0.220 e. The summed E-state index contributed by atoms with van der Waals surface area (Å²) in [5.41, 5.74) is 8.89. The summed E-state index contributed by atoms with van der Waals surface area (Å²) < 4.78 is 0. The van der Waals surface area contributed by atoms with Gasteiger partial charge >= 0.3 is 0 Å². The van der Waals surface area contributed by atoms with Crippen LogP contribution in [0.1, 0.15) is 29.0 Å². The first-order chi connectivity index (χ1) is 9.16. The molecule has 2 heterocycles. The summed E-state index contributed by atoms with van der Waals surface area (Å²) in [7, 11) is 0. The minimum absolute atomic E-state index is 0.0353. The molecule has 1 atom stereocenters. The number of rotatable bonds is 1. The molecule has 98 valence electrons. The van der Waals surface area contributed by atoms with Gasteiger partial charge in [0.1, 0.15) is 0 Å². The standard InChI is InChI=1S/C15H16N2OS/c1-10(18)17-8-6-14-13(7-9-19-14)15(17)11-2-4-12(16)5-3-11/h2-5,7,9,15H,6,8,16H2,1H3. The third-order valence-electron chi connectivity index (χ3n) is 3.62. The van der Waals surface area contributed by atoms with Crippen molar-refractivity contribution >= 4 is 22.9 Å². The Morgan fingerprint density at radius 1 is 1.32 bits per heavy atom. The van der Waals surface area contributed by atoms with Gasteiger partial charge in [0, 0.05) is 24.0 Å². The Morgan fingerprint density at radius 3 is 2.74 bits per heavy atom. The average Bonchev–Trinajstić information content (AvgIpc) is 2.86. The van der Waals surface area contributed by atoms with Crippen molar-refractivity contribution in [1.29, 1.82) is 0 Å². The molecule has 0 aliphatic carbocycles. The van der Waals surface area contributed by atoms with Crippen LogP contribution in [0.2, 0.25) is 0 Å². The lowest BCUT2D eigenvalue weighted by molar-refractivity contribution is -0.130. The van der Waals surface area contributed by atoms with Crippen LogP contribution in [0.3, 0.4) is 0 Å². The summed E-state index contributed by atoms with van der Waals surface area (Å²) in [5, 5.41) is 2.11. The lowest BCUT2D eigenvalue weighted by atomic mass is 9.93. The molecule has 2 N–H and O–H groups in total. The number of thiophene rings is 1. The Bertz CT molecular complexity index is 603. The number of carbonyl (C=O) groups excluding carboxylic acids is 1. The predicted molar refractivity (Wildman–Crippen MR) is 78.1 cm³/mol. The fourth-order valence-electron chi connectivity index (χ4n) is 2.69. The third kappa shape index (κ3) is 2.12. The van der Waals surface area contributed by atoms with E-state index in [1.807, 2.05) is 29.2 Å². The second-order valence-corrected chi connectivity index (χ2v) is 5.83. The molecule has 0 fully saturated rings. The minimum Gasteiger partial charge on any atom is -0.399 e. The van der Waals surface area contributed by atoms with Crippen molar-refractivity contribution in [2.24, 2.45) is 0 Å². The van der Waals surface area contributed by atoms with E-state index in [1.54, 1.807) is 18.3 Å². The lowest BCUT2D eigenvalue weighted by Crippen LogP contribution is -2.38. The van der Waals surface area contributed by atoms with Gasteiger partial charge in [0.25, 0.3) is 0 Å². The third-order valence-corrected chi connectivity index (χ3v) is 4.62. The zero-order chi connectivity index (χ0) is 13.4. The summed E-state index contributed by atoms with van der Waals surface area (Å²) in [6, 6.07) is 10.00. The maximum absolute atomic E-state index is 11.9. The number of amides is 1. The number of carbonyl (C=O) groups is 1. The van der Waals surface area contributed by atoms with Crippen LogP contribution in [0.5, 0.6) is 0 Å². The first-order valence-electron chi connectivity index (χ1n) is 6.35. The van der Waals surface area contributed by atoms with Crippen molar-refractivity contribution in [3.8, 4) is 0 Å². The minimum atomic E-state index is 0.0353. The van der Waals surface area contributed by atoms with Gasteiger partial charge in [-0.15, -0.1) is 11.3 Å². The van der Waals surface area contributed by atoms with E-state index in [1.165, 1.54) is 10.4 Å². The number of fused-ring (bicyclic) bond motifs is 1. The summed E-state index contributed by atoms with van der Waals surface area (Å²) in [4.78, 5) is 15.2. The molecule has 1 aliphatic heterocycles. The van der Waals surface area contributed by atoms with Crippen LogP contribution in [0, 0.1) is 0 Å². The van der Waals surface area contributed by atoms with Gasteiger partial charge in [-0.05, 0) is 41.1 Å². The number of benzene rings is 1. The Kier molecular flexibility index (Phi) is 3.03. The SMILES string of the molecule is CC(=O)N1CCc2sccc2C1c1ccc(N)cc1. The van der Waals surface area contributed by atoms with Crippen molar-refractivity contribution in [1.82, 2.24) is 4.90 Å². The van der Waals surface area contributed by atoms with Gasteiger partial charge in [-0.1, -0.05) is 12.1 Å². The molecule has 4 heteroatoms. The molecular formula is C15H16N2OS. The van der Waals surface area contributed by atoms with Crippen molar-refractivity contribution < 1.29 is 4.79 Å². The Hall–Kier alpha value is -1.81. The Labute approximate surface area is 116 Å². The molecule has 1 amide bonds. The molecule has 0 radical (unpaired) electrons. The highest BCUT2D eigenvalue weighted by atomic mass is 32.1. The van der Waals surface area contributed by atoms with E-state index in [2.05, 4.69) is 11.4 Å². The van der Waals surface area contributed by atoms with Crippen LogP contribution in [-0.4, -0.2) is 17.4 Å². The molecule has 0 spiro atoms. The maximum atomic E-state index is 11.9. The van der Waals surface area contributed by atoms with Crippen LogP contribution in [0.25, 0.3) is 0 Å². The summed E-state index contributed by atoms with van der Waals surface area (Å²) in [6.45, 7) is 2.43.